The normalized spacial score (nSPS) is 18.3. The minimum absolute atomic E-state index is 0.366. The second-order valence-electron chi connectivity index (χ2n) is 7.87. The first kappa shape index (κ1) is 26.8. The molecule has 3 amide bonds. The van der Waals surface area contributed by atoms with Gasteiger partial charge < -0.3 is 36.6 Å². The summed E-state index contributed by atoms with van der Waals surface area (Å²) in [6.45, 7) is 3.71. The van der Waals surface area contributed by atoms with Gasteiger partial charge in [0, 0.05) is 6.42 Å². The maximum Gasteiger partial charge on any atom is 0.326 e. The van der Waals surface area contributed by atoms with E-state index in [0.717, 1.165) is 6.42 Å². The smallest absolute Gasteiger partial charge is 0.326 e. The fourth-order valence-electron chi connectivity index (χ4n) is 3.14. The molecule has 0 aromatic heterocycles. The molecule has 13 nitrogen and oxygen atoms in total. The van der Waals surface area contributed by atoms with E-state index in [2.05, 4.69) is 21.3 Å². The van der Waals surface area contributed by atoms with Crippen molar-refractivity contribution in [1.29, 1.82) is 0 Å². The average Bonchev–Trinajstić information content (AvgIpc) is 3.22. The van der Waals surface area contributed by atoms with Crippen LogP contribution in [0.3, 0.4) is 0 Å². The van der Waals surface area contributed by atoms with Crippen molar-refractivity contribution in [3.63, 3.8) is 0 Å². The SMILES string of the molecule is CC(C)C(NC(=O)C(CCC(=O)O)NC(=O)C(CC(=O)O)NC(=O)C1CCCN1)C(=O)O. The van der Waals surface area contributed by atoms with Crippen molar-refractivity contribution in [2.75, 3.05) is 6.54 Å². The van der Waals surface area contributed by atoms with Gasteiger partial charge in [0.2, 0.25) is 17.7 Å². The summed E-state index contributed by atoms with van der Waals surface area (Å²) in [6, 6.07) is -4.82. The summed E-state index contributed by atoms with van der Waals surface area (Å²) in [6.07, 6.45) is -0.384. The third-order valence-electron chi connectivity index (χ3n) is 4.90. The van der Waals surface area contributed by atoms with Gasteiger partial charge in [-0.15, -0.1) is 0 Å². The van der Waals surface area contributed by atoms with Crippen LogP contribution in [0.15, 0.2) is 0 Å². The van der Waals surface area contributed by atoms with Crippen molar-refractivity contribution in [3.05, 3.63) is 0 Å². The van der Waals surface area contributed by atoms with Crippen LogP contribution in [0.1, 0.15) is 46.0 Å². The molecule has 4 unspecified atom stereocenters. The quantitative estimate of drug-likeness (QED) is 0.166. The topological polar surface area (TPSA) is 211 Å². The molecule has 7 N–H and O–H groups in total. The van der Waals surface area contributed by atoms with Crippen LogP contribution in [0.2, 0.25) is 0 Å². The van der Waals surface area contributed by atoms with E-state index in [1.807, 2.05) is 0 Å². The molecular formula is C19H30N4O9. The van der Waals surface area contributed by atoms with Gasteiger partial charge in [-0.1, -0.05) is 13.8 Å². The second kappa shape index (κ2) is 12.6. The van der Waals surface area contributed by atoms with E-state index in [-0.39, 0.29) is 6.42 Å². The summed E-state index contributed by atoms with van der Waals surface area (Å²) in [5.74, 6) is -6.93. The van der Waals surface area contributed by atoms with E-state index in [0.29, 0.717) is 13.0 Å². The largest absolute Gasteiger partial charge is 0.481 e. The minimum atomic E-state index is -1.51. The van der Waals surface area contributed by atoms with Crippen molar-refractivity contribution in [3.8, 4) is 0 Å². The molecule has 0 radical (unpaired) electrons. The lowest BCUT2D eigenvalue weighted by atomic mass is 10.0. The Kier molecular flexibility index (Phi) is 10.5. The molecule has 4 atom stereocenters. The summed E-state index contributed by atoms with van der Waals surface area (Å²) < 4.78 is 0. The molecule has 180 valence electrons. The van der Waals surface area contributed by atoms with Gasteiger partial charge in [0.25, 0.3) is 0 Å². The van der Waals surface area contributed by atoms with Gasteiger partial charge in [-0.2, -0.15) is 0 Å². The van der Waals surface area contributed by atoms with Crippen LogP contribution in [0.4, 0.5) is 0 Å². The number of carboxylic acid groups (broad SMARTS) is 3. The fourth-order valence-corrected chi connectivity index (χ4v) is 3.14. The van der Waals surface area contributed by atoms with Crippen LogP contribution < -0.4 is 21.3 Å². The highest BCUT2D eigenvalue weighted by Crippen LogP contribution is 2.08. The molecule has 1 aliphatic rings. The van der Waals surface area contributed by atoms with Crippen molar-refractivity contribution < 1.29 is 44.1 Å². The predicted octanol–water partition coefficient (Wildman–Crippen LogP) is -1.73. The van der Waals surface area contributed by atoms with E-state index in [1.54, 1.807) is 13.8 Å². The Bertz CT molecular complexity index is 734. The van der Waals surface area contributed by atoms with E-state index >= 15 is 0 Å². The van der Waals surface area contributed by atoms with Gasteiger partial charge in [0.15, 0.2) is 0 Å². The second-order valence-corrected chi connectivity index (χ2v) is 7.87. The number of amides is 3. The van der Waals surface area contributed by atoms with Gasteiger partial charge in [0.05, 0.1) is 12.5 Å². The van der Waals surface area contributed by atoms with E-state index < -0.39 is 78.6 Å². The number of carboxylic acids is 3. The Morgan fingerprint density at radius 2 is 1.53 bits per heavy atom. The highest BCUT2D eigenvalue weighted by molar-refractivity contribution is 5.95. The van der Waals surface area contributed by atoms with E-state index in [9.17, 15) is 33.9 Å². The van der Waals surface area contributed by atoms with E-state index in [1.165, 1.54) is 0 Å². The zero-order valence-electron chi connectivity index (χ0n) is 17.9. The van der Waals surface area contributed by atoms with Gasteiger partial charge in [-0.25, -0.2) is 4.79 Å². The first-order valence-electron chi connectivity index (χ1n) is 10.2. The molecule has 0 bridgehead atoms. The molecule has 1 saturated heterocycles. The fraction of sp³-hybridized carbons (Fsp3) is 0.684. The highest BCUT2D eigenvalue weighted by Gasteiger charge is 2.33. The zero-order chi connectivity index (χ0) is 24.4. The number of nitrogens with one attached hydrogen (secondary N) is 4. The number of carbonyl (C=O) groups excluding carboxylic acids is 3. The number of hydrogen-bond acceptors (Lipinski definition) is 7. The summed E-state index contributed by atoms with van der Waals surface area (Å²) >= 11 is 0. The van der Waals surface area contributed by atoms with Gasteiger partial charge >= 0.3 is 17.9 Å². The highest BCUT2D eigenvalue weighted by atomic mass is 16.4. The Hall–Kier alpha value is -3.22. The van der Waals surface area contributed by atoms with Crippen LogP contribution in [0.5, 0.6) is 0 Å². The van der Waals surface area contributed by atoms with Crippen molar-refractivity contribution in [1.82, 2.24) is 21.3 Å². The number of carbonyl (C=O) groups is 6. The lowest BCUT2D eigenvalue weighted by Crippen LogP contribution is -2.58. The Balaban J connectivity index is 2.96. The average molecular weight is 458 g/mol. The maximum atomic E-state index is 12.7. The van der Waals surface area contributed by atoms with E-state index in [4.69, 9.17) is 10.2 Å². The summed E-state index contributed by atoms with van der Waals surface area (Å²) in [5.41, 5.74) is 0. The van der Waals surface area contributed by atoms with Crippen LogP contribution in [0.25, 0.3) is 0 Å². The summed E-state index contributed by atoms with van der Waals surface area (Å²) in [7, 11) is 0. The maximum absolute atomic E-state index is 12.7. The van der Waals surface area contributed by atoms with Crippen molar-refractivity contribution in [2.24, 2.45) is 5.92 Å². The van der Waals surface area contributed by atoms with Crippen LogP contribution in [-0.4, -0.2) is 81.7 Å². The molecule has 32 heavy (non-hydrogen) atoms. The van der Waals surface area contributed by atoms with Crippen molar-refractivity contribution >= 4 is 35.6 Å². The van der Waals surface area contributed by atoms with Gasteiger partial charge in [0.1, 0.15) is 18.1 Å². The monoisotopic (exact) mass is 458 g/mol. The molecule has 1 heterocycles. The molecule has 0 aliphatic carbocycles. The molecule has 0 aromatic rings. The molecule has 0 spiro atoms. The molecule has 1 rings (SSSR count). The van der Waals surface area contributed by atoms with Crippen LogP contribution >= 0.6 is 0 Å². The Morgan fingerprint density at radius 1 is 0.906 bits per heavy atom. The number of aliphatic carboxylic acids is 3. The zero-order valence-corrected chi connectivity index (χ0v) is 17.9. The Labute approximate surface area is 184 Å². The molecule has 1 aliphatic heterocycles. The van der Waals surface area contributed by atoms with Crippen LogP contribution in [-0.2, 0) is 28.8 Å². The molecule has 1 fully saturated rings. The lowest BCUT2D eigenvalue weighted by molar-refractivity contribution is -0.144. The third-order valence-corrected chi connectivity index (χ3v) is 4.90. The molecule has 0 aromatic carbocycles. The Morgan fingerprint density at radius 3 is 2.00 bits per heavy atom. The van der Waals surface area contributed by atoms with Gasteiger partial charge in [-0.3, -0.25) is 24.0 Å². The van der Waals surface area contributed by atoms with Gasteiger partial charge in [-0.05, 0) is 31.7 Å². The molecule has 0 saturated carbocycles. The summed E-state index contributed by atoms with van der Waals surface area (Å²) in [4.78, 5) is 71.1. The first-order valence-corrected chi connectivity index (χ1v) is 10.2. The molecular weight excluding hydrogens is 428 g/mol. The first-order chi connectivity index (χ1) is 14.9. The predicted molar refractivity (Wildman–Crippen MR) is 108 cm³/mol. The minimum Gasteiger partial charge on any atom is -0.481 e. The standard InChI is InChI=1S/C19H30N4O9/c1-9(2)15(19(31)32)23-17(29)11(5-6-13(24)25)21-18(30)12(8-14(26)27)22-16(28)10-4-3-7-20-10/h9-12,15,20H,3-8H2,1-2H3,(H,21,30)(H,22,28)(H,23,29)(H,24,25)(H,26,27)(H,31,32). The van der Waals surface area contributed by atoms with Crippen molar-refractivity contribution in [2.45, 2.75) is 70.1 Å². The molecule has 13 heteroatoms. The third kappa shape index (κ3) is 8.88. The lowest BCUT2D eigenvalue weighted by Gasteiger charge is -2.25. The number of hydrogen-bond donors (Lipinski definition) is 7. The van der Waals surface area contributed by atoms with Crippen LogP contribution in [0, 0.1) is 5.92 Å². The summed E-state index contributed by atoms with van der Waals surface area (Å²) in [5, 5.41) is 37.0. The number of rotatable bonds is 13.